The Morgan fingerprint density at radius 1 is 1.29 bits per heavy atom. The molecule has 6 heteroatoms. The zero-order chi connectivity index (χ0) is 17.7. The van der Waals surface area contributed by atoms with E-state index in [4.69, 9.17) is 4.74 Å². The zero-order valence-electron chi connectivity index (χ0n) is 14.6. The van der Waals surface area contributed by atoms with Gasteiger partial charge in [-0.2, -0.15) is 0 Å². The van der Waals surface area contributed by atoms with Crippen LogP contribution in [-0.2, 0) is 21.6 Å². The Bertz CT molecular complexity index is 751. The fraction of sp³-hybridized carbons (Fsp3) is 0.444. The molecule has 0 spiro atoms. The van der Waals surface area contributed by atoms with Gasteiger partial charge in [-0.1, -0.05) is 41.7 Å². The highest BCUT2D eigenvalue weighted by Crippen LogP contribution is 2.21. The molecule has 0 aliphatic rings. The second-order valence-corrected chi connectivity index (χ2v) is 7.26. The van der Waals surface area contributed by atoms with Crippen molar-refractivity contribution in [1.82, 2.24) is 9.88 Å². The molecule has 0 radical (unpaired) electrons. The van der Waals surface area contributed by atoms with Crippen molar-refractivity contribution in [3.8, 4) is 0 Å². The lowest BCUT2D eigenvalue weighted by Gasteiger charge is -2.31. The Balaban J connectivity index is 2.07. The molecule has 1 aromatic heterocycles. The van der Waals surface area contributed by atoms with Gasteiger partial charge in [0.1, 0.15) is 0 Å². The first kappa shape index (κ1) is 18.4. The van der Waals surface area contributed by atoms with Gasteiger partial charge in [0, 0.05) is 30.6 Å². The maximum atomic E-state index is 12.4. The number of amides is 1. The summed E-state index contributed by atoms with van der Waals surface area (Å²) < 4.78 is 6.96. The highest BCUT2D eigenvalue weighted by atomic mass is 32.1. The number of benzene rings is 1. The first-order valence-electron chi connectivity index (χ1n) is 7.89. The van der Waals surface area contributed by atoms with E-state index in [2.05, 4.69) is 5.32 Å². The monoisotopic (exact) mass is 348 g/mol. The predicted octanol–water partition coefficient (Wildman–Crippen LogP) is 2.59. The lowest BCUT2D eigenvalue weighted by atomic mass is 9.92. The smallest absolute Gasteiger partial charge is 0.307 e. The van der Waals surface area contributed by atoms with Crippen LogP contribution in [0.3, 0.4) is 0 Å². The van der Waals surface area contributed by atoms with Crippen LogP contribution in [0.4, 0.5) is 0 Å². The van der Waals surface area contributed by atoms with Gasteiger partial charge < -0.3 is 14.6 Å². The van der Waals surface area contributed by atoms with Gasteiger partial charge in [-0.15, -0.1) is 0 Å². The Labute approximate surface area is 146 Å². The van der Waals surface area contributed by atoms with Gasteiger partial charge in [-0.3, -0.25) is 9.59 Å². The molecule has 0 saturated heterocycles. The maximum Gasteiger partial charge on any atom is 0.307 e. The molecule has 0 aliphatic carbocycles. The van der Waals surface area contributed by atoms with Crippen molar-refractivity contribution < 1.29 is 9.53 Å². The van der Waals surface area contributed by atoms with Crippen molar-refractivity contribution in [2.45, 2.75) is 39.3 Å². The van der Waals surface area contributed by atoms with E-state index in [9.17, 15) is 9.59 Å². The van der Waals surface area contributed by atoms with E-state index in [0.29, 0.717) is 13.2 Å². The first-order valence-corrected chi connectivity index (χ1v) is 8.71. The minimum atomic E-state index is -0.600. The summed E-state index contributed by atoms with van der Waals surface area (Å²) in [5, 5.41) is 3.05. The number of carbonyl (C=O) groups excluding carboxylic acids is 1. The molecule has 2 rings (SSSR count). The fourth-order valence-corrected chi connectivity index (χ4v) is 3.57. The SMILES string of the molecule is COC[C@@](C)(NC(=O)CCn1c(C)c(C)sc1=O)c1ccccc1. The highest BCUT2D eigenvalue weighted by Gasteiger charge is 2.28. The van der Waals surface area contributed by atoms with Crippen LogP contribution >= 0.6 is 11.3 Å². The Morgan fingerprint density at radius 2 is 1.96 bits per heavy atom. The molecule has 1 N–H and O–H groups in total. The number of hydrogen-bond acceptors (Lipinski definition) is 4. The summed E-state index contributed by atoms with van der Waals surface area (Å²) in [4.78, 5) is 25.3. The van der Waals surface area contributed by atoms with Crippen molar-refractivity contribution >= 4 is 17.2 Å². The average Bonchev–Trinajstić information content (AvgIpc) is 2.79. The molecule has 0 aliphatic heterocycles. The number of nitrogens with zero attached hydrogens (tertiary/aromatic N) is 1. The number of ether oxygens (including phenoxy) is 1. The van der Waals surface area contributed by atoms with E-state index in [1.165, 1.54) is 11.3 Å². The standard InChI is InChI=1S/C18H24N2O3S/c1-13-14(2)24-17(22)20(13)11-10-16(21)19-18(3,12-23-4)15-8-6-5-7-9-15/h5-9H,10-12H2,1-4H3,(H,19,21)/t18-/m1/s1. The number of hydrogen-bond donors (Lipinski definition) is 1. The van der Waals surface area contributed by atoms with Gasteiger partial charge in [0.25, 0.3) is 0 Å². The number of nitrogens with one attached hydrogen (secondary N) is 1. The largest absolute Gasteiger partial charge is 0.382 e. The lowest BCUT2D eigenvalue weighted by molar-refractivity contribution is -0.124. The van der Waals surface area contributed by atoms with Crippen molar-refractivity contribution in [3.05, 3.63) is 56.1 Å². The van der Waals surface area contributed by atoms with E-state index >= 15 is 0 Å². The number of aromatic nitrogens is 1. The third-order valence-electron chi connectivity index (χ3n) is 4.20. The summed E-state index contributed by atoms with van der Waals surface area (Å²) >= 11 is 1.22. The molecule has 1 amide bonds. The first-order chi connectivity index (χ1) is 11.4. The van der Waals surface area contributed by atoms with Gasteiger partial charge in [0.05, 0.1) is 12.1 Å². The molecular weight excluding hydrogens is 324 g/mol. The van der Waals surface area contributed by atoms with Gasteiger partial charge in [0.15, 0.2) is 0 Å². The molecule has 0 unspecified atom stereocenters. The Kier molecular flexibility index (Phi) is 5.96. The average molecular weight is 348 g/mol. The maximum absolute atomic E-state index is 12.4. The van der Waals surface area contributed by atoms with Crippen LogP contribution in [-0.4, -0.2) is 24.2 Å². The fourth-order valence-electron chi connectivity index (χ4n) is 2.72. The molecule has 2 aromatic rings. The Morgan fingerprint density at radius 3 is 2.50 bits per heavy atom. The molecule has 24 heavy (non-hydrogen) atoms. The molecular formula is C18H24N2O3S. The molecule has 1 heterocycles. The van der Waals surface area contributed by atoms with Gasteiger partial charge in [-0.05, 0) is 26.3 Å². The third-order valence-corrected chi connectivity index (χ3v) is 5.19. The van der Waals surface area contributed by atoms with Crippen LogP contribution in [0.25, 0.3) is 0 Å². The van der Waals surface area contributed by atoms with Crippen LogP contribution in [0.5, 0.6) is 0 Å². The van der Waals surface area contributed by atoms with Crippen LogP contribution in [0.1, 0.15) is 29.5 Å². The predicted molar refractivity (Wildman–Crippen MR) is 96.5 cm³/mol. The minimum absolute atomic E-state index is 0.0134. The number of thiazole rings is 1. The van der Waals surface area contributed by atoms with Gasteiger partial charge in [-0.25, -0.2) is 0 Å². The molecule has 130 valence electrons. The number of methoxy groups -OCH3 is 1. The number of carbonyl (C=O) groups is 1. The second-order valence-electron chi connectivity index (χ2n) is 6.09. The summed E-state index contributed by atoms with van der Waals surface area (Å²) in [7, 11) is 1.62. The molecule has 0 saturated carbocycles. The molecule has 0 fully saturated rings. The minimum Gasteiger partial charge on any atom is -0.382 e. The van der Waals surface area contributed by atoms with E-state index in [1.807, 2.05) is 51.1 Å². The van der Waals surface area contributed by atoms with Crippen molar-refractivity contribution in [1.29, 1.82) is 0 Å². The van der Waals surface area contributed by atoms with E-state index in [1.54, 1.807) is 11.7 Å². The van der Waals surface area contributed by atoms with Crippen LogP contribution in [0.2, 0.25) is 0 Å². The topological polar surface area (TPSA) is 60.3 Å². The molecule has 5 nitrogen and oxygen atoms in total. The summed E-state index contributed by atoms with van der Waals surface area (Å²) in [6.07, 6.45) is 0.253. The third kappa shape index (κ3) is 4.13. The van der Waals surface area contributed by atoms with Crippen LogP contribution < -0.4 is 10.2 Å². The van der Waals surface area contributed by atoms with Gasteiger partial charge in [0.2, 0.25) is 5.91 Å². The summed E-state index contributed by atoms with van der Waals surface area (Å²) in [5.41, 5.74) is 1.32. The number of rotatable bonds is 7. The lowest BCUT2D eigenvalue weighted by Crippen LogP contribution is -2.47. The van der Waals surface area contributed by atoms with E-state index in [-0.39, 0.29) is 17.2 Å². The zero-order valence-corrected chi connectivity index (χ0v) is 15.4. The summed E-state index contributed by atoms with van der Waals surface area (Å²) in [6, 6.07) is 9.75. The quantitative estimate of drug-likeness (QED) is 0.837. The summed E-state index contributed by atoms with van der Waals surface area (Å²) in [5.74, 6) is -0.103. The molecule has 0 bridgehead atoms. The number of aryl methyl sites for hydroxylation is 1. The van der Waals surface area contributed by atoms with Crippen molar-refractivity contribution in [3.63, 3.8) is 0 Å². The van der Waals surface area contributed by atoms with Gasteiger partial charge >= 0.3 is 4.87 Å². The van der Waals surface area contributed by atoms with Crippen molar-refractivity contribution in [2.24, 2.45) is 0 Å². The van der Waals surface area contributed by atoms with Crippen molar-refractivity contribution in [2.75, 3.05) is 13.7 Å². The van der Waals surface area contributed by atoms with Crippen LogP contribution in [0.15, 0.2) is 35.1 Å². The molecule has 1 atom stereocenters. The Hall–Kier alpha value is -1.92. The van der Waals surface area contributed by atoms with E-state index < -0.39 is 5.54 Å². The van der Waals surface area contributed by atoms with E-state index in [0.717, 1.165) is 16.1 Å². The highest BCUT2D eigenvalue weighted by molar-refractivity contribution is 7.09. The normalized spacial score (nSPS) is 13.5. The summed E-state index contributed by atoms with van der Waals surface area (Å²) in [6.45, 7) is 6.53. The second kappa shape index (κ2) is 7.77. The van der Waals surface area contributed by atoms with Crippen LogP contribution in [0, 0.1) is 13.8 Å². The molecule has 1 aromatic carbocycles.